The highest BCUT2D eigenvalue weighted by molar-refractivity contribution is 6.15. The van der Waals surface area contributed by atoms with Crippen LogP contribution >= 0.6 is 0 Å². The van der Waals surface area contributed by atoms with Crippen LogP contribution in [0.5, 0.6) is 0 Å². The highest BCUT2D eigenvalue weighted by atomic mass is 16.4. The number of carboxylic acid groups (broad SMARTS) is 1. The molecule has 1 atom stereocenters. The molecule has 1 aromatic carbocycles. The van der Waals surface area contributed by atoms with E-state index in [-0.39, 0.29) is 11.1 Å². The van der Waals surface area contributed by atoms with Crippen LogP contribution in [0.15, 0.2) is 35.9 Å². The molecule has 5 nitrogen and oxygen atoms in total. The van der Waals surface area contributed by atoms with E-state index in [1.165, 1.54) is 25.0 Å². The Labute approximate surface area is 104 Å². The van der Waals surface area contributed by atoms with Crippen molar-refractivity contribution in [2.75, 3.05) is 6.54 Å². The Bertz CT molecular complexity index is 517. The van der Waals surface area contributed by atoms with E-state index in [0.29, 0.717) is 0 Å². The molecule has 0 saturated heterocycles. The minimum absolute atomic E-state index is 0.194. The van der Waals surface area contributed by atoms with Gasteiger partial charge >= 0.3 is 5.97 Å². The average molecular weight is 247 g/mol. The molecule has 3 N–H and O–H groups in total. The van der Waals surface area contributed by atoms with Gasteiger partial charge in [-0.05, 0) is 6.92 Å². The zero-order valence-electron chi connectivity index (χ0n) is 9.84. The highest BCUT2D eigenvalue weighted by Gasteiger charge is 2.47. The lowest BCUT2D eigenvalue weighted by atomic mass is 9.75. The third-order valence-corrected chi connectivity index (χ3v) is 2.89. The Hall–Kier alpha value is -2.23. The van der Waals surface area contributed by atoms with Crippen LogP contribution in [-0.4, -0.2) is 29.3 Å². The molecular formula is C13H13NO4. The van der Waals surface area contributed by atoms with Gasteiger partial charge in [0.25, 0.3) is 0 Å². The highest BCUT2D eigenvalue weighted by Crippen LogP contribution is 2.29. The molecule has 18 heavy (non-hydrogen) atoms. The van der Waals surface area contributed by atoms with Gasteiger partial charge in [0.05, 0.1) is 0 Å². The first kappa shape index (κ1) is 13.8. The molecule has 0 amide bonds. The quantitative estimate of drug-likeness (QED) is 0.453. The summed E-state index contributed by atoms with van der Waals surface area (Å²) in [7, 11) is 0. The fourth-order valence-corrected chi connectivity index (χ4v) is 1.68. The van der Waals surface area contributed by atoms with Crippen molar-refractivity contribution < 1.29 is 19.5 Å². The number of carbonyl (C=O) groups excluding carboxylic acids is 2. The largest absolute Gasteiger partial charge is 0.480 e. The van der Waals surface area contributed by atoms with Crippen molar-refractivity contribution in [3.63, 3.8) is 0 Å². The van der Waals surface area contributed by atoms with Gasteiger partial charge in [0.2, 0.25) is 0 Å². The molecule has 0 fully saturated rings. The molecule has 94 valence electrons. The first-order chi connectivity index (χ1) is 8.50. The Morgan fingerprint density at radius 2 is 1.89 bits per heavy atom. The molecule has 0 heterocycles. The number of nitrogens with two attached hydrogens (primary N) is 1. The molecule has 5 heteroatoms. The third kappa shape index (κ3) is 2.09. The van der Waals surface area contributed by atoms with E-state index < -0.39 is 23.7 Å². The van der Waals surface area contributed by atoms with Gasteiger partial charge in [0, 0.05) is 17.7 Å². The van der Waals surface area contributed by atoms with E-state index in [9.17, 15) is 19.5 Å². The molecule has 0 saturated carbocycles. The van der Waals surface area contributed by atoms with E-state index in [4.69, 9.17) is 5.73 Å². The lowest BCUT2D eigenvalue weighted by molar-refractivity contribution is -0.143. The van der Waals surface area contributed by atoms with E-state index >= 15 is 0 Å². The van der Waals surface area contributed by atoms with Crippen LogP contribution in [0.1, 0.15) is 17.3 Å². The Kier molecular flexibility index (Phi) is 4.15. The van der Waals surface area contributed by atoms with Gasteiger partial charge in [-0.15, -0.1) is 0 Å². The molecule has 0 aliphatic heterocycles. The maximum atomic E-state index is 12.3. The summed E-state index contributed by atoms with van der Waals surface area (Å²) < 4.78 is 0. The van der Waals surface area contributed by atoms with Crippen molar-refractivity contribution in [2.24, 2.45) is 11.1 Å². The third-order valence-electron chi connectivity index (χ3n) is 2.89. The number of carboxylic acids is 1. The first-order valence-electron chi connectivity index (χ1n) is 5.26. The molecular weight excluding hydrogens is 234 g/mol. The van der Waals surface area contributed by atoms with Crippen LogP contribution in [0.4, 0.5) is 0 Å². The van der Waals surface area contributed by atoms with Crippen LogP contribution in [0.2, 0.25) is 0 Å². The van der Waals surface area contributed by atoms with Gasteiger partial charge in [-0.25, -0.2) is 4.79 Å². The van der Waals surface area contributed by atoms with Gasteiger partial charge in [-0.3, -0.25) is 9.59 Å². The zero-order chi connectivity index (χ0) is 13.8. The summed E-state index contributed by atoms with van der Waals surface area (Å²) in [6.07, 6.45) is 0. The van der Waals surface area contributed by atoms with Crippen molar-refractivity contribution in [3.05, 3.63) is 41.5 Å². The summed E-state index contributed by atoms with van der Waals surface area (Å²) in [5.41, 5.74) is 3.35. The SMILES string of the molecule is CC(=C=O)C(CN)(C(=O)O)C(=O)c1ccccc1. The second-order valence-electron chi connectivity index (χ2n) is 3.84. The van der Waals surface area contributed by atoms with Crippen molar-refractivity contribution in [1.29, 1.82) is 0 Å². The molecule has 0 bridgehead atoms. The van der Waals surface area contributed by atoms with Crippen LogP contribution in [0.25, 0.3) is 0 Å². The molecule has 0 aromatic heterocycles. The number of benzene rings is 1. The summed E-state index contributed by atoms with van der Waals surface area (Å²) in [6.45, 7) is 0.756. The fourth-order valence-electron chi connectivity index (χ4n) is 1.68. The van der Waals surface area contributed by atoms with Gasteiger partial charge in [0.1, 0.15) is 5.94 Å². The molecule has 1 unspecified atom stereocenters. The smallest absolute Gasteiger partial charge is 0.323 e. The van der Waals surface area contributed by atoms with Gasteiger partial charge in [0.15, 0.2) is 11.2 Å². The fraction of sp³-hybridized carbons (Fsp3) is 0.231. The normalized spacial score (nSPS) is 13.2. The second kappa shape index (κ2) is 5.40. The van der Waals surface area contributed by atoms with E-state index in [2.05, 4.69) is 0 Å². The predicted molar refractivity (Wildman–Crippen MR) is 64.8 cm³/mol. The summed E-state index contributed by atoms with van der Waals surface area (Å²) in [5.74, 6) is -0.680. The lowest BCUT2D eigenvalue weighted by Gasteiger charge is -2.25. The molecule has 1 aromatic rings. The molecule has 1 rings (SSSR count). The number of aliphatic carboxylic acids is 1. The van der Waals surface area contributed by atoms with Crippen molar-refractivity contribution in [2.45, 2.75) is 6.92 Å². The number of rotatable bonds is 5. The van der Waals surface area contributed by atoms with Crippen molar-refractivity contribution >= 4 is 17.7 Å². The average Bonchev–Trinajstić information content (AvgIpc) is 2.40. The monoisotopic (exact) mass is 247 g/mol. The summed E-state index contributed by atoms with van der Waals surface area (Å²) in [4.78, 5) is 34.4. The Morgan fingerprint density at radius 3 is 2.28 bits per heavy atom. The van der Waals surface area contributed by atoms with Crippen LogP contribution in [-0.2, 0) is 9.59 Å². The standard InChI is InChI=1S/C13H13NO4/c1-9(7-15)13(8-14,12(17)18)11(16)10-5-3-2-4-6-10/h2-6H,8,14H2,1H3,(H,17,18). The van der Waals surface area contributed by atoms with Crippen LogP contribution < -0.4 is 5.73 Å². The number of hydrogen-bond acceptors (Lipinski definition) is 4. The lowest BCUT2D eigenvalue weighted by Crippen LogP contribution is -2.47. The maximum absolute atomic E-state index is 12.3. The number of carbonyl (C=O) groups is 2. The molecule has 0 radical (unpaired) electrons. The van der Waals surface area contributed by atoms with Gasteiger partial charge < -0.3 is 10.8 Å². The number of hydrogen-bond donors (Lipinski definition) is 2. The second-order valence-corrected chi connectivity index (χ2v) is 3.84. The number of ketones is 1. The minimum atomic E-state index is -2.04. The summed E-state index contributed by atoms with van der Waals surface area (Å²) >= 11 is 0. The molecule has 0 aliphatic rings. The minimum Gasteiger partial charge on any atom is -0.480 e. The van der Waals surface area contributed by atoms with E-state index in [1.54, 1.807) is 18.2 Å². The van der Waals surface area contributed by atoms with Crippen LogP contribution in [0, 0.1) is 5.41 Å². The van der Waals surface area contributed by atoms with Crippen molar-refractivity contribution in [3.8, 4) is 0 Å². The zero-order valence-corrected chi connectivity index (χ0v) is 9.84. The predicted octanol–water partition coefficient (Wildman–Crippen LogP) is 0.677. The molecule has 0 spiro atoms. The molecule has 0 aliphatic carbocycles. The Balaban J connectivity index is 3.42. The van der Waals surface area contributed by atoms with Gasteiger partial charge in [-0.1, -0.05) is 30.3 Å². The van der Waals surface area contributed by atoms with E-state index in [1.807, 2.05) is 0 Å². The first-order valence-corrected chi connectivity index (χ1v) is 5.26. The van der Waals surface area contributed by atoms with Crippen molar-refractivity contribution in [1.82, 2.24) is 0 Å². The van der Waals surface area contributed by atoms with Gasteiger partial charge in [-0.2, -0.15) is 0 Å². The Morgan fingerprint density at radius 1 is 1.33 bits per heavy atom. The number of Topliss-reactive ketones (excluding diaryl/α,β-unsaturated/α-hetero) is 1. The summed E-state index contributed by atoms with van der Waals surface area (Å²) in [6, 6.07) is 7.87. The summed E-state index contributed by atoms with van der Waals surface area (Å²) in [5, 5.41) is 9.26. The maximum Gasteiger partial charge on any atom is 0.323 e. The van der Waals surface area contributed by atoms with E-state index in [0.717, 1.165) is 0 Å². The topological polar surface area (TPSA) is 97.5 Å². The van der Waals surface area contributed by atoms with Crippen LogP contribution in [0.3, 0.4) is 0 Å².